The fourth-order valence-electron chi connectivity index (χ4n) is 4.02. The van der Waals surface area contributed by atoms with E-state index in [2.05, 4.69) is 15.5 Å². The van der Waals surface area contributed by atoms with Gasteiger partial charge in [0.25, 0.3) is 0 Å². The lowest BCUT2D eigenvalue weighted by molar-refractivity contribution is -0.137. The lowest BCUT2D eigenvalue weighted by Gasteiger charge is -2.33. The first-order valence-electron chi connectivity index (χ1n) is 9.85. The molecule has 1 aliphatic heterocycles. The van der Waals surface area contributed by atoms with Crippen LogP contribution in [0.25, 0.3) is 11.0 Å². The molecule has 30 heavy (non-hydrogen) atoms. The Morgan fingerprint density at radius 2 is 2.10 bits per heavy atom. The van der Waals surface area contributed by atoms with E-state index in [4.69, 9.17) is 4.52 Å². The number of piperidine rings is 1. The summed E-state index contributed by atoms with van der Waals surface area (Å²) in [5, 5.41) is 11.9. The van der Waals surface area contributed by atoms with Crippen LogP contribution in [0.3, 0.4) is 0 Å². The molecule has 0 spiro atoms. The predicted molar refractivity (Wildman–Crippen MR) is 102 cm³/mol. The summed E-state index contributed by atoms with van der Waals surface area (Å²) in [5.74, 6) is 0.757. The van der Waals surface area contributed by atoms with E-state index in [0.29, 0.717) is 31.4 Å². The zero-order chi connectivity index (χ0) is 21.5. The second-order valence-electron chi connectivity index (χ2n) is 7.67. The number of hydrogen-bond donors (Lipinski definition) is 0. The van der Waals surface area contributed by atoms with Crippen LogP contribution in [0.1, 0.15) is 47.9 Å². The fourth-order valence-corrected chi connectivity index (χ4v) is 4.02. The highest BCUT2D eigenvalue weighted by molar-refractivity contribution is 5.77. The Balaban J connectivity index is 1.46. The van der Waals surface area contributed by atoms with Gasteiger partial charge in [0.1, 0.15) is 11.3 Å². The van der Waals surface area contributed by atoms with Crippen molar-refractivity contribution in [1.29, 1.82) is 0 Å². The SMILES string of the molecule is Cc1noc(C)c1CCC(=O)N1CCCC(n2nnc3cc(C(F)(F)F)ccc32)C1. The molecule has 0 bridgehead atoms. The van der Waals surface area contributed by atoms with Gasteiger partial charge in [-0.15, -0.1) is 5.10 Å². The van der Waals surface area contributed by atoms with Gasteiger partial charge in [-0.2, -0.15) is 13.2 Å². The van der Waals surface area contributed by atoms with Crippen LogP contribution in [0.4, 0.5) is 13.2 Å². The van der Waals surface area contributed by atoms with Crippen molar-refractivity contribution >= 4 is 16.9 Å². The van der Waals surface area contributed by atoms with Crippen LogP contribution in [0.5, 0.6) is 0 Å². The average molecular weight is 421 g/mol. The molecule has 1 saturated heterocycles. The molecule has 0 aliphatic carbocycles. The molecule has 3 aromatic rings. The summed E-state index contributed by atoms with van der Waals surface area (Å²) in [4.78, 5) is 14.5. The molecule has 0 saturated carbocycles. The summed E-state index contributed by atoms with van der Waals surface area (Å²) in [6.07, 6.45) is -1.93. The van der Waals surface area contributed by atoms with E-state index in [-0.39, 0.29) is 17.5 Å². The Kier molecular flexibility index (Phi) is 5.25. The first-order valence-corrected chi connectivity index (χ1v) is 9.85. The van der Waals surface area contributed by atoms with Crippen molar-refractivity contribution < 1.29 is 22.5 Å². The quantitative estimate of drug-likeness (QED) is 0.640. The molecule has 1 atom stereocenters. The van der Waals surface area contributed by atoms with Gasteiger partial charge >= 0.3 is 6.18 Å². The molecule has 1 fully saturated rings. The van der Waals surface area contributed by atoms with Gasteiger partial charge in [-0.3, -0.25) is 4.79 Å². The van der Waals surface area contributed by atoms with Crippen LogP contribution >= 0.6 is 0 Å². The first-order chi connectivity index (χ1) is 14.2. The molecule has 3 heterocycles. The van der Waals surface area contributed by atoms with Crippen molar-refractivity contribution in [3.63, 3.8) is 0 Å². The maximum Gasteiger partial charge on any atom is 0.416 e. The number of likely N-dealkylation sites (tertiary alicyclic amines) is 1. The summed E-state index contributed by atoms with van der Waals surface area (Å²) in [5.41, 5.74) is 1.75. The Labute approximate surface area is 170 Å². The Bertz CT molecular complexity index is 1050. The highest BCUT2D eigenvalue weighted by atomic mass is 19.4. The monoisotopic (exact) mass is 421 g/mol. The zero-order valence-corrected chi connectivity index (χ0v) is 16.7. The molecule has 7 nitrogen and oxygen atoms in total. The Hall–Kier alpha value is -2.91. The Morgan fingerprint density at radius 1 is 1.30 bits per heavy atom. The summed E-state index contributed by atoms with van der Waals surface area (Å²) in [6.45, 7) is 4.80. The molecular weight excluding hydrogens is 399 g/mol. The predicted octanol–water partition coefficient (Wildman–Crippen LogP) is 3.85. The van der Waals surface area contributed by atoms with Crippen molar-refractivity contribution in [2.45, 2.75) is 51.7 Å². The number of benzene rings is 1. The summed E-state index contributed by atoms with van der Waals surface area (Å²) in [7, 11) is 0. The maximum absolute atomic E-state index is 12.9. The number of rotatable bonds is 4. The molecule has 10 heteroatoms. The summed E-state index contributed by atoms with van der Waals surface area (Å²) < 4.78 is 45.6. The number of aromatic nitrogens is 4. The number of fused-ring (bicyclic) bond motifs is 1. The minimum Gasteiger partial charge on any atom is -0.361 e. The molecule has 0 N–H and O–H groups in total. The van der Waals surface area contributed by atoms with Gasteiger partial charge in [-0.05, 0) is 51.3 Å². The number of nitrogens with zero attached hydrogens (tertiary/aromatic N) is 5. The lowest BCUT2D eigenvalue weighted by atomic mass is 10.0. The van der Waals surface area contributed by atoms with Gasteiger partial charge in [0.2, 0.25) is 5.91 Å². The van der Waals surface area contributed by atoms with Crippen LogP contribution in [-0.4, -0.2) is 44.0 Å². The number of carbonyl (C=O) groups is 1. The van der Waals surface area contributed by atoms with Crippen LogP contribution in [0.2, 0.25) is 0 Å². The van der Waals surface area contributed by atoms with E-state index in [9.17, 15) is 18.0 Å². The van der Waals surface area contributed by atoms with Crippen molar-refractivity contribution in [1.82, 2.24) is 25.1 Å². The van der Waals surface area contributed by atoms with Crippen LogP contribution in [0, 0.1) is 13.8 Å². The zero-order valence-electron chi connectivity index (χ0n) is 16.7. The Morgan fingerprint density at radius 3 is 2.80 bits per heavy atom. The normalized spacial score (nSPS) is 17.6. The fraction of sp³-hybridized carbons (Fsp3) is 0.500. The van der Waals surface area contributed by atoms with Gasteiger partial charge < -0.3 is 9.42 Å². The molecule has 0 radical (unpaired) electrons. The number of hydrogen-bond acceptors (Lipinski definition) is 5. The third-order valence-electron chi connectivity index (χ3n) is 5.66. The van der Waals surface area contributed by atoms with Gasteiger partial charge in [-0.1, -0.05) is 10.4 Å². The lowest BCUT2D eigenvalue weighted by Crippen LogP contribution is -2.41. The summed E-state index contributed by atoms with van der Waals surface area (Å²) in [6, 6.07) is 3.32. The maximum atomic E-state index is 12.9. The molecule has 1 aromatic carbocycles. The number of aryl methyl sites for hydroxylation is 2. The first kappa shape index (κ1) is 20.4. The summed E-state index contributed by atoms with van der Waals surface area (Å²) >= 11 is 0. The molecule has 1 unspecified atom stereocenters. The van der Waals surface area contributed by atoms with Gasteiger partial charge in [0.05, 0.1) is 22.8 Å². The molecular formula is C20H22F3N5O2. The molecule has 1 aliphatic rings. The van der Waals surface area contributed by atoms with E-state index < -0.39 is 11.7 Å². The number of amides is 1. The third kappa shape index (κ3) is 3.90. The van der Waals surface area contributed by atoms with E-state index >= 15 is 0 Å². The third-order valence-corrected chi connectivity index (χ3v) is 5.66. The second-order valence-corrected chi connectivity index (χ2v) is 7.67. The smallest absolute Gasteiger partial charge is 0.361 e. The number of halogens is 3. The molecule has 4 rings (SSSR count). The van der Waals surface area contributed by atoms with E-state index in [1.807, 2.05) is 13.8 Å². The van der Waals surface area contributed by atoms with E-state index in [1.54, 1.807) is 9.58 Å². The largest absolute Gasteiger partial charge is 0.416 e. The minimum atomic E-state index is -4.42. The highest BCUT2D eigenvalue weighted by Crippen LogP contribution is 2.32. The van der Waals surface area contributed by atoms with Crippen LogP contribution < -0.4 is 0 Å². The molecule has 160 valence electrons. The topological polar surface area (TPSA) is 77.0 Å². The highest BCUT2D eigenvalue weighted by Gasteiger charge is 2.32. The van der Waals surface area contributed by atoms with Crippen molar-refractivity contribution in [2.75, 3.05) is 13.1 Å². The van der Waals surface area contributed by atoms with Crippen molar-refractivity contribution in [2.24, 2.45) is 0 Å². The average Bonchev–Trinajstić information content (AvgIpc) is 3.28. The standard InChI is InChI=1S/C20H22F3N5O2/c1-12-16(13(2)30-25-12)6-8-19(29)27-9-3-4-15(11-27)28-18-7-5-14(20(21,22)23)10-17(18)24-26-28/h5,7,10,15H,3-4,6,8-9,11H2,1-2H3. The molecule has 2 aromatic heterocycles. The van der Waals surface area contributed by atoms with Gasteiger partial charge in [-0.25, -0.2) is 4.68 Å². The van der Waals surface area contributed by atoms with Crippen LogP contribution in [0.15, 0.2) is 22.7 Å². The van der Waals surface area contributed by atoms with Crippen molar-refractivity contribution in [3.05, 3.63) is 40.8 Å². The number of alkyl halides is 3. The van der Waals surface area contributed by atoms with Gasteiger partial charge in [0, 0.05) is 25.1 Å². The van der Waals surface area contributed by atoms with Crippen molar-refractivity contribution in [3.8, 4) is 0 Å². The van der Waals surface area contributed by atoms with Crippen LogP contribution in [-0.2, 0) is 17.4 Å². The molecule has 1 amide bonds. The van der Waals surface area contributed by atoms with E-state index in [0.717, 1.165) is 42.0 Å². The number of carbonyl (C=O) groups excluding carboxylic acids is 1. The van der Waals surface area contributed by atoms with Gasteiger partial charge in [0.15, 0.2) is 0 Å². The van der Waals surface area contributed by atoms with E-state index in [1.165, 1.54) is 6.07 Å². The minimum absolute atomic E-state index is 0.0310. The second kappa shape index (κ2) is 7.73.